The number of rotatable bonds is 4. The Morgan fingerprint density at radius 1 is 1.18 bits per heavy atom. The third-order valence-corrected chi connectivity index (χ3v) is 1.93. The second-order valence-corrected chi connectivity index (χ2v) is 3.22. The number of carbonyl (C=O) groups excluding carboxylic acids is 3. The van der Waals surface area contributed by atoms with Crippen LogP contribution in [0.3, 0.4) is 0 Å². The number of hydrogen-bond donors (Lipinski definition) is 3. The number of hydrogen-bond acceptors (Lipinski definition) is 3. The van der Waals surface area contributed by atoms with Crippen LogP contribution in [0.1, 0.15) is 10.4 Å². The fourth-order valence-electron chi connectivity index (χ4n) is 1.13. The van der Waals surface area contributed by atoms with Gasteiger partial charge >= 0.3 is 0 Å². The SMILES string of the molecule is NC(=O)C(NC(=O)c1cccc(F)c1)C(N)=O. The van der Waals surface area contributed by atoms with Crippen LogP contribution in [-0.4, -0.2) is 23.8 Å². The van der Waals surface area contributed by atoms with Crippen LogP contribution in [0.5, 0.6) is 0 Å². The fraction of sp³-hybridized carbons (Fsp3) is 0.100. The van der Waals surface area contributed by atoms with Gasteiger partial charge in [-0.3, -0.25) is 14.4 Å². The van der Waals surface area contributed by atoms with E-state index in [1.807, 2.05) is 5.32 Å². The summed E-state index contributed by atoms with van der Waals surface area (Å²) in [6, 6.07) is 3.11. The van der Waals surface area contributed by atoms with Crippen LogP contribution in [0, 0.1) is 5.82 Å². The lowest BCUT2D eigenvalue weighted by Gasteiger charge is -2.11. The van der Waals surface area contributed by atoms with Crippen molar-refractivity contribution in [1.29, 1.82) is 0 Å². The second kappa shape index (κ2) is 5.06. The largest absolute Gasteiger partial charge is 0.367 e. The van der Waals surface area contributed by atoms with Crippen molar-refractivity contribution in [2.45, 2.75) is 6.04 Å². The number of nitrogens with one attached hydrogen (secondary N) is 1. The molecule has 0 aliphatic heterocycles. The van der Waals surface area contributed by atoms with E-state index in [-0.39, 0.29) is 5.56 Å². The Balaban J connectivity index is 2.85. The molecule has 90 valence electrons. The van der Waals surface area contributed by atoms with Gasteiger partial charge < -0.3 is 16.8 Å². The van der Waals surface area contributed by atoms with Gasteiger partial charge in [-0.05, 0) is 18.2 Å². The minimum absolute atomic E-state index is 0.0440. The molecule has 0 saturated carbocycles. The summed E-state index contributed by atoms with van der Waals surface area (Å²) in [5.41, 5.74) is 9.69. The van der Waals surface area contributed by atoms with Crippen molar-refractivity contribution in [2.75, 3.05) is 0 Å². The summed E-state index contributed by atoms with van der Waals surface area (Å²) in [5, 5.41) is 2.00. The van der Waals surface area contributed by atoms with Gasteiger partial charge in [-0.1, -0.05) is 6.07 Å². The summed E-state index contributed by atoms with van der Waals surface area (Å²) in [4.78, 5) is 33.1. The van der Waals surface area contributed by atoms with Crippen molar-refractivity contribution in [1.82, 2.24) is 5.32 Å². The average Bonchev–Trinajstić information content (AvgIpc) is 2.24. The van der Waals surface area contributed by atoms with Gasteiger partial charge in [0.25, 0.3) is 5.91 Å². The molecule has 0 aliphatic carbocycles. The van der Waals surface area contributed by atoms with Crippen LogP contribution in [0.25, 0.3) is 0 Å². The Hall–Kier alpha value is -2.44. The van der Waals surface area contributed by atoms with Crippen molar-refractivity contribution in [2.24, 2.45) is 11.5 Å². The van der Waals surface area contributed by atoms with E-state index in [4.69, 9.17) is 11.5 Å². The molecule has 3 amide bonds. The molecule has 0 unspecified atom stereocenters. The number of primary amides is 2. The molecule has 6 nitrogen and oxygen atoms in total. The number of amides is 3. The molecular formula is C10H10FN3O3. The maximum absolute atomic E-state index is 12.8. The van der Waals surface area contributed by atoms with E-state index in [0.29, 0.717) is 0 Å². The summed E-state index contributed by atoms with van der Waals surface area (Å²) in [7, 11) is 0. The van der Waals surface area contributed by atoms with Crippen molar-refractivity contribution < 1.29 is 18.8 Å². The van der Waals surface area contributed by atoms with E-state index >= 15 is 0 Å². The molecule has 0 spiro atoms. The summed E-state index contributed by atoms with van der Waals surface area (Å²) < 4.78 is 12.8. The van der Waals surface area contributed by atoms with Gasteiger partial charge in [0.2, 0.25) is 11.8 Å². The number of benzene rings is 1. The summed E-state index contributed by atoms with van der Waals surface area (Å²) in [6.07, 6.45) is 0. The van der Waals surface area contributed by atoms with Crippen LogP contribution in [0.2, 0.25) is 0 Å². The highest BCUT2D eigenvalue weighted by atomic mass is 19.1. The zero-order chi connectivity index (χ0) is 13.0. The van der Waals surface area contributed by atoms with Gasteiger partial charge in [-0.25, -0.2) is 4.39 Å². The van der Waals surface area contributed by atoms with E-state index in [0.717, 1.165) is 12.1 Å². The molecule has 1 aromatic rings. The monoisotopic (exact) mass is 239 g/mol. The first-order chi connectivity index (χ1) is 7.91. The zero-order valence-electron chi connectivity index (χ0n) is 8.64. The van der Waals surface area contributed by atoms with Crippen molar-refractivity contribution >= 4 is 17.7 Å². The second-order valence-electron chi connectivity index (χ2n) is 3.22. The molecule has 0 atom stereocenters. The maximum Gasteiger partial charge on any atom is 0.252 e. The molecule has 0 saturated heterocycles. The molecule has 0 bridgehead atoms. The lowest BCUT2D eigenvalue weighted by atomic mass is 10.2. The van der Waals surface area contributed by atoms with Gasteiger partial charge in [0.15, 0.2) is 6.04 Å². The van der Waals surface area contributed by atoms with Crippen LogP contribution >= 0.6 is 0 Å². The smallest absolute Gasteiger partial charge is 0.252 e. The van der Waals surface area contributed by atoms with E-state index < -0.39 is 29.6 Å². The molecule has 0 heterocycles. The molecular weight excluding hydrogens is 229 g/mol. The molecule has 7 heteroatoms. The molecule has 0 aromatic heterocycles. The normalized spacial score (nSPS) is 10.0. The first-order valence-electron chi connectivity index (χ1n) is 4.57. The van der Waals surface area contributed by atoms with Gasteiger partial charge in [-0.2, -0.15) is 0 Å². The lowest BCUT2D eigenvalue weighted by molar-refractivity contribution is -0.128. The van der Waals surface area contributed by atoms with Gasteiger partial charge in [-0.15, -0.1) is 0 Å². The topological polar surface area (TPSA) is 115 Å². The Bertz CT molecular complexity index is 462. The highest BCUT2D eigenvalue weighted by molar-refractivity contribution is 6.08. The highest BCUT2D eigenvalue weighted by Gasteiger charge is 2.24. The average molecular weight is 239 g/mol. The Kier molecular flexibility index (Phi) is 3.76. The predicted molar refractivity (Wildman–Crippen MR) is 56.0 cm³/mol. The third kappa shape index (κ3) is 3.26. The van der Waals surface area contributed by atoms with E-state index in [2.05, 4.69) is 0 Å². The first-order valence-corrected chi connectivity index (χ1v) is 4.57. The zero-order valence-corrected chi connectivity index (χ0v) is 8.64. The van der Waals surface area contributed by atoms with Crippen LogP contribution in [-0.2, 0) is 9.59 Å². The summed E-state index contributed by atoms with van der Waals surface area (Å²) in [6.45, 7) is 0. The highest BCUT2D eigenvalue weighted by Crippen LogP contribution is 2.03. The van der Waals surface area contributed by atoms with E-state index in [1.54, 1.807) is 0 Å². The van der Waals surface area contributed by atoms with Gasteiger partial charge in [0, 0.05) is 5.56 Å². The van der Waals surface area contributed by atoms with Gasteiger partial charge in [0.05, 0.1) is 0 Å². The van der Waals surface area contributed by atoms with Crippen molar-refractivity contribution in [3.63, 3.8) is 0 Å². The number of nitrogens with two attached hydrogens (primary N) is 2. The Labute approximate surface area is 95.8 Å². The molecule has 17 heavy (non-hydrogen) atoms. The maximum atomic E-state index is 12.8. The lowest BCUT2D eigenvalue weighted by Crippen LogP contribution is -2.52. The summed E-state index contributed by atoms with van der Waals surface area (Å²) in [5.74, 6) is -3.59. The third-order valence-electron chi connectivity index (χ3n) is 1.93. The van der Waals surface area contributed by atoms with Crippen LogP contribution in [0.4, 0.5) is 4.39 Å². The molecule has 0 aliphatic rings. The van der Waals surface area contributed by atoms with E-state index in [1.165, 1.54) is 12.1 Å². The van der Waals surface area contributed by atoms with Crippen molar-refractivity contribution in [3.05, 3.63) is 35.6 Å². The minimum Gasteiger partial charge on any atom is -0.367 e. The molecule has 0 radical (unpaired) electrons. The quantitative estimate of drug-likeness (QED) is 0.579. The Morgan fingerprint density at radius 2 is 1.76 bits per heavy atom. The number of carbonyl (C=O) groups is 3. The first kappa shape index (κ1) is 12.6. The molecule has 1 aromatic carbocycles. The van der Waals surface area contributed by atoms with Gasteiger partial charge in [0.1, 0.15) is 5.82 Å². The molecule has 0 fully saturated rings. The Morgan fingerprint density at radius 3 is 2.24 bits per heavy atom. The number of halogens is 1. The van der Waals surface area contributed by atoms with Crippen LogP contribution in [0.15, 0.2) is 24.3 Å². The minimum atomic E-state index is -1.62. The molecule has 1 rings (SSSR count). The summed E-state index contributed by atoms with van der Waals surface area (Å²) >= 11 is 0. The van der Waals surface area contributed by atoms with Crippen molar-refractivity contribution in [3.8, 4) is 0 Å². The standard InChI is InChI=1S/C10H10FN3O3/c11-6-3-1-2-5(4-6)10(17)14-7(8(12)15)9(13)16/h1-4,7H,(H2,12,15)(H2,13,16)(H,14,17). The van der Waals surface area contributed by atoms with E-state index in [9.17, 15) is 18.8 Å². The van der Waals surface area contributed by atoms with Crippen LogP contribution < -0.4 is 16.8 Å². The molecule has 5 N–H and O–H groups in total. The fourth-order valence-corrected chi connectivity index (χ4v) is 1.13. The predicted octanol–water partition coefficient (Wildman–Crippen LogP) is -1.11.